The van der Waals surface area contributed by atoms with Crippen LogP contribution in [0.15, 0.2) is 48.5 Å². The van der Waals surface area contributed by atoms with Crippen molar-refractivity contribution in [2.75, 3.05) is 17.2 Å². The normalized spacial score (nSPS) is 13.0. The maximum Gasteiger partial charge on any atom is 0.250 e. The molecule has 1 aliphatic rings. The fraction of sp³-hybridized carbons (Fsp3) is 0.261. The van der Waals surface area contributed by atoms with Gasteiger partial charge >= 0.3 is 0 Å². The largest absolute Gasteiger partial charge is 0.494 e. The third kappa shape index (κ3) is 6.15. The minimum absolute atomic E-state index is 0.0468. The lowest BCUT2D eigenvalue weighted by molar-refractivity contribution is -0.117. The Morgan fingerprint density at radius 3 is 2.40 bits per heavy atom. The summed E-state index contributed by atoms with van der Waals surface area (Å²) in [5, 5.41) is 8.78. The van der Waals surface area contributed by atoms with Crippen molar-refractivity contribution in [2.45, 2.75) is 26.7 Å². The van der Waals surface area contributed by atoms with Crippen LogP contribution in [0.4, 0.5) is 11.4 Å². The molecule has 0 atom stereocenters. The van der Waals surface area contributed by atoms with E-state index in [9.17, 15) is 9.59 Å². The molecule has 156 valence electrons. The molecule has 7 heteroatoms. The van der Waals surface area contributed by atoms with E-state index in [1.54, 1.807) is 6.08 Å². The number of nitrogens with one attached hydrogen (secondary N) is 3. The Kier molecular flexibility index (Phi) is 7.19. The summed E-state index contributed by atoms with van der Waals surface area (Å²) in [7, 11) is 0. The Balaban J connectivity index is 1.54. The molecule has 0 saturated heterocycles. The highest BCUT2D eigenvalue weighted by molar-refractivity contribution is 7.80. The smallest absolute Gasteiger partial charge is 0.250 e. The van der Waals surface area contributed by atoms with Crippen LogP contribution in [-0.2, 0) is 9.59 Å². The van der Waals surface area contributed by atoms with Gasteiger partial charge in [-0.1, -0.05) is 18.2 Å². The quantitative estimate of drug-likeness (QED) is 0.458. The van der Waals surface area contributed by atoms with Crippen LogP contribution in [0, 0.1) is 12.8 Å². The Bertz CT molecular complexity index is 966. The van der Waals surface area contributed by atoms with Crippen molar-refractivity contribution in [1.82, 2.24) is 5.32 Å². The van der Waals surface area contributed by atoms with Gasteiger partial charge in [-0.2, -0.15) is 0 Å². The van der Waals surface area contributed by atoms with Gasteiger partial charge in [0.05, 0.1) is 6.61 Å². The number of thiocarbonyl (C=S) groups is 1. The molecule has 2 amide bonds. The van der Waals surface area contributed by atoms with Gasteiger partial charge in [0.2, 0.25) is 11.8 Å². The molecule has 1 aliphatic carbocycles. The van der Waals surface area contributed by atoms with Gasteiger partial charge < -0.3 is 15.4 Å². The van der Waals surface area contributed by atoms with Gasteiger partial charge in [0, 0.05) is 23.4 Å². The maximum absolute atomic E-state index is 12.2. The Morgan fingerprint density at radius 1 is 1.10 bits per heavy atom. The van der Waals surface area contributed by atoms with Crippen LogP contribution >= 0.6 is 12.2 Å². The molecule has 2 aromatic rings. The molecule has 1 saturated carbocycles. The molecule has 0 unspecified atom stereocenters. The monoisotopic (exact) mass is 423 g/mol. The average Bonchev–Trinajstić information content (AvgIpc) is 3.56. The van der Waals surface area contributed by atoms with Crippen LogP contribution in [0.25, 0.3) is 6.08 Å². The summed E-state index contributed by atoms with van der Waals surface area (Å²) in [6.07, 6.45) is 5.02. The number of benzene rings is 2. The summed E-state index contributed by atoms with van der Waals surface area (Å²) < 4.78 is 5.40. The topological polar surface area (TPSA) is 79.5 Å². The van der Waals surface area contributed by atoms with Crippen molar-refractivity contribution < 1.29 is 14.3 Å². The summed E-state index contributed by atoms with van der Waals surface area (Å²) in [4.78, 5) is 24.2. The van der Waals surface area contributed by atoms with Crippen LogP contribution in [0.2, 0.25) is 0 Å². The minimum atomic E-state index is -0.336. The highest BCUT2D eigenvalue weighted by atomic mass is 32.1. The second-order valence-corrected chi connectivity index (χ2v) is 7.43. The van der Waals surface area contributed by atoms with Gasteiger partial charge in [0.15, 0.2) is 5.11 Å². The lowest BCUT2D eigenvalue weighted by Crippen LogP contribution is -2.33. The summed E-state index contributed by atoms with van der Waals surface area (Å²) >= 11 is 5.25. The second kappa shape index (κ2) is 10.0. The van der Waals surface area contributed by atoms with Gasteiger partial charge in [-0.15, -0.1) is 0 Å². The fourth-order valence-corrected chi connectivity index (χ4v) is 3.02. The third-order valence-electron chi connectivity index (χ3n) is 4.64. The molecule has 0 heterocycles. The van der Waals surface area contributed by atoms with E-state index in [2.05, 4.69) is 16.0 Å². The molecule has 0 bridgehead atoms. The summed E-state index contributed by atoms with van der Waals surface area (Å²) in [5.74, 6) is 0.627. The standard InChI is InChI=1S/C23H25N3O3S/c1-3-29-18-12-7-16(8-13-18)9-14-21(27)26-23(30)25-20-6-4-5-19(15(20)2)24-22(28)17-10-11-17/h4-9,12-14,17H,3,10-11H2,1-2H3,(H,24,28)(H2,25,26,27,30)/b14-9+. The van der Waals surface area contributed by atoms with E-state index in [0.29, 0.717) is 6.61 Å². The zero-order valence-corrected chi connectivity index (χ0v) is 17.8. The van der Waals surface area contributed by atoms with E-state index in [1.165, 1.54) is 6.08 Å². The Labute approximate surface area is 181 Å². The third-order valence-corrected chi connectivity index (χ3v) is 4.85. The molecule has 6 nitrogen and oxygen atoms in total. The molecule has 1 fully saturated rings. The van der Waals surface area contributed by atoms with E-state index in [1.807, 2.05) is 56.3 Å². The molecule has 0 aromatic heterocycles. The first-order valence-corrected chi connectivity index (χ1v) is 10.3. The van der Waals surface area contributed by atoms with Crippen LogP contribution in [-0.4, -0.2) is 23.5 Å². The minimum Gasteiger partial charge on any atom is -0.494 e. The van der Waals surface area contributed by atoms with Crippen molar-refractivity contribution in [3.63, 3.8) is 0 Å². The zero-order valence-electron chi connectivity index (χ0n) is 17.0. The van der Waals surface area contributed by atoms with Crippen LogP contribution in [0.3, 0.4) is 0 Å². The summed E-state index contributed by atoms with van der Waals surface area (Å²) in [6.45, 7) is 4.43. The fourth-order valence-electron chi connectivity index (χ4n) is 2.81. The molecule has 0 radical (unpaired) electrons. The van der Waals surface area contributed by atoms with E-state index in [0.717, 1.165) is 41.1 Å². The molecule has 2 aromatic carbocycles. The van der Waals surface area contributed by atoms with E-state index >= 15 is 0 Å². The molecule has 0 aliphatic heterocycles. The molecule has 3 rings (SSSR count). The number of anilines is 2. The Morgan fingerprint density at radius 2 is 1.77 bits per heavy atom. The van der Waals surface area contributed by atoms with Crippen LogP contribution in [0.1, 0.15) is 30.9 Å². The number of hydrogen-bond donors (Lipinski definition) is 3. The molecular weight excluding hydrogens is 398 g/mol. The first kappa shape index (κ1) is 21.5. The first-order valence-electron chi connectivity index (χ1n) is 9.89. The highest BCUT2D eigenvalue weighted by Crippen LogP contribution is 2.31. The van der Waals surface area contributed by atoms with E-state index in [4.69, 9.17) is 17.0 Å². The number of hydrogen-bond acceptors (Lipinski definition) is 4. The summed E-state index contributed by atoms with van der Waals surface area (Å²) in [5.41, 5.74) is 3.20. The van der Waals surface area contributed by atoms with Crippen molar-refractivity contribution in [1.29, 1.82) is 0 Å². The van der Waals surface area contributed by atoms with Crippen molar-refractivity contribution >= 4 is 46.6 Å². The van der Waals surface area contributed by atoms with Gasteiger partial charge in [-0.3, -0.25) is 14.9 Å². The number of amides is 2. The van der Waals surface area contributed by atoms with Gasteiger partial charge in [0.25, 0.3) is 0 Å². The maximum atomic E-state index is 12.2. The molecular formula is C23H25N3O3S. The summed E-state index contributed by atoms with van der Waals surface area (Å²) in [6, 6.07) is 13.0. The molecule has 0 spiro atoms. The predicted molar refractivity (Wildman–Crippen MR) is 124 cm³/mol. The van der Waals surface area contributed by atoms with Crippen molar-refractivity contribution in [2.24, 2.45) is 5.92 Å². The number of rotatable bonds is 7. The first-order chi connectivity index (χ1) is 14.5. The van der Waals surface area contributed by atoms with Crippen molar-refractivity contribution in [3.05, 3.63) is 59.7 Å². The lowest BCUT2D eigenvalue weighted by atomic mass is 10.1. The van der Waals surface area contributed by atoms with E-state index in [-0.39, 0.29) is 22.8 Å². The lowest BCUT2D eigenvalue weighted by Gasteiger charge is -2.14. The van der Waals surface area contributed by atoms with Crippen LogP contribution in [0.5, 0.6) is 5.75 Å². The number of ether oxygens (including phenoxy) is 1. The van der Waals surface area contributed by atoms with Crippen molar-refractivity contribution in [3.8, 4) is 5.75 Å². The highest BCUT2D eigenvalue weighted by Gasteiger charge is 2.29. The average molecular weight is 424 g/mol. The van der Waals surface area contributed by atoms with E-state index < -0.39 is 0 Å². The molecule has 3 N–H and O–H groups in total. The predicted octanol–water partition coefficient (Wildman–Crippen LogP) is 4.27. The van der Waals surface area contributed by atoms with Crippen LogP contribution < -0.4 is 20.7 Å². The number of carbonyl (C=O) groups is 2. The number of carbonyl (C=O) groups excluding carboxylic acids is 2. The van der Waals surface area contributed by atoms with Gasteiger partial charge in [0.1, 0.15) is 5.75 Å². The second-order valence-electron chi connectivity index (χ2n) is 7.02. The zero-order chi connectivity index (χ0) is 21.5. The Hall–Kier alpha value is -3.19. The SMILES string of the molecule is CCOc1ccc(/C=C/C(=O)NC(=S)Nc2cccc(NC(=O)C3CC3)c2C)cc1. The van der Waals surface area contributed by atoms with Gasteiger partial charge in [-0.05, 0) is 80.4 Å². The molecule has 30 heavy (non-hydrogen) atoms. The van der Waals surface area contributed by atoms with Gasteiger partial charge in [-0.25, -0.2) is 0 Å².